The average Bonchev–Trinajstić information content (AvgIpc) is 2.82. The van der Waals surface area contributed by atoms with Crippen molar-refractivity contribution in [3.8, 4) is 0 Å². The summed E-state index contributed by atoms with van der Waals surface area (Å²) in [5.74, 6) is 0.174. The first-order valence-corrected chi connectivity index (χ1v) is 7.85. The first-order valence-electron chi connectivity index (χ1n) is 7.06. The number of halogens is 1. The number of nitrogens with zero attached hydrogens (tertiary/aromatic N) is 1. The maximum atomic E-state index is 12.6. The van der Waals surface area contributed by atoms with Crippen LogP contribution in [0.5, 0.6) is 0 Å². The van der Waals surface area contributed by atoms with E-state index < -0.39 is 0 Å². The Morgan fingerprint density at radius 3 is 2.53 bits per heavy atom. The molecule has 1 aromatic carbocycles. The highest BCUT2D eigenvalue weighted by Gasteiger charge is 2.37. The van der Waals surface area contributed by atoms with Crippen LogP contribution in [0.15, 0.2) is 22.7 Å². The minimum absolute atomic E-state index is 0.174. The Morgan fingerprint density at radius 2 is 2.00 bits per heavy atom. The van der Waals surface area contributed by atoms with E-state index in [1.807, 2.05) is 30.0 Å². The average molecular weight is 324 g/mol. The molecule has 0 spiro atoms. The van der Waals surface area contributed by atoms with Gasteiger partial charge in [0.1, 0.15) is 0 Å². The Kier molecular flexibility index (Phi) is 4.34. The van der Waals surface area contributed by atoms with E-state index in [0.717, 1.165) is 48.0 Å². The predicted octanol–water partition coefficient (Wildman–Crippen LogP) is 4.41. The molecule has 1 aliphatic rings. The molecule has 0 aromatic heterocycles. The molecule has 0 saturated carbocycles. The van der Waals surface area contributed by atoms with Gasteiger partial charge in [0.25, 0.3) is 5.91 Å². The Balaban J connectivity index is 2.17. The van der Waals surface area contributed by atoms with E-state index in [9.17, 15) is 4.79 Å². The number of carbonyl (C=O) groups excluding carboxylic acids is 1. The number of aryl methyl sites for hydroxylation is 1. The molecule has 0 aliphatic carbocycles. The van der Waals surface area contributed by atoms with Crippen LogP contribution in [-0.4, -0.2) is 23.9 Å². The van der Waals surface area contributed by atoms with Gasteiger partial charge in [0.15, 0.2) is 0 Å². The number of likely N-dealkylation sites (tertiary alicyclic amines) is 1. The normalized spacial score (nSPS) is 17.8. The Hall–Kier alpha value is -0.830. The van der Waals surface area contributed by atoms with E-state index in [2.05, 4.69) is 29.8 Å². The van der Waals surface area contributed by atoms with Gasteiger partial charge in [0.2, 0.25) is 0 Å². The molecule has 0 unspecified atom stereocenters. The second-order valence-electron chi connectivity index (χ2n) is 5.70. The van der Waals surface area contributed by atoms with Crippen LogP contribution >= 0.6 is 15.9 Å². The van der Waals surface area contributed by atoms with Gasteiger partial charge < -0.3 is 4.90 Å². The van der Waals surface area contributed by atoms with E-state index in [4.69, 9.17) is 0 Å². The molecule has 0 N–H and O–H groups in total. The fourth-order valence-corrected chi connectivity index (χ4v) is 3.59. The third-order valence-corrected chi connectivity index (χ3v) is 4.97. The molecule has 1 aromatic rings. The fourth-order valence-electron chi connectivity index (χ4n) is 2.98. The number of hydrogen-bond acceptors (Lipinski definition) is 1. The van der Waals surface area contributed by atoms with Crippen LogP contribution in [0.25, 0.3) is 0 Å². The summed E-state index contributed by atoms with van der Waals surface area (Å²) >= 11 is 3.47. The molecule has 0 radical (unpaired) electrons. The predicted molar refractivity (Wildman–Crippen MR) is 82.4 cm³/mol. The maximum Gasteiger partial charge on any atom is 0.253 e. The molecule has 19 heavy (non-hydrogen) atoms. The summed E-state index contributed by atoms with van der Waals surface area (Å²) in [6.45, 7) is 8.30. The molecule has 0 atom stereocenters. The molecular formula is C16H22BrNO. The van der Waals surface area contributed by atoms with Crippen LogP contribution < -0.4 is 0 Å². The molecule has 0 bridgehead atoms. The molecule has 1 fully saturated rings. The van der Waals surface area contributed by atoms with Gasteiger partial charge >= 0.3 is 0 Å². The third kappa shape index (κ3) is 3.02. The number of hydrogen-bond donors (Lipinski definition) is 0. The summed E-state index contributed by atoms with van der Waals surface area (Å²) in [6.07, 6.45) is 3.45. The van der Waals surface area contributed by atoms with Gasteiger partial charge in [-0.05, 0) is 55.4 Å². The van der Waals surface area contributed by atoms with E-state index in [0.29, 0.717) is 5.41 Å². The van der Waals surface area contributed by atoms with Crippen LogP contribution in [0.1, 0.15) is 49.0 Å². The van der Waals surface area contributed by atoms with Crippen molar-refractivity contribution < 1.29 is 4.79 Å². The van der Waals surface area contributed by atoms with E-state index >= 15 is 0 Å². The zero-order valence-corrected chi connectivity index (χ0v) is 13.6. The first-order chi connectivity index (χ1) is 8.99. The molecule has 2 rings (SSSR count). The lowest BCUT2D eigenvalue weighted by Crippen LogP contribution is -2.31. The van der Waals surface area contributed by atoms with Gasteiger partial charge in [-0.2, -0.15) is 0 Å². The first kappa shape index (κ1) is 14.6. The fraction of sp³-hybridized carbons (Fsp3) is 0.562. The topological polar surface area (TPSA) is 20.3 Å². The van der Waals surface area contributed by atoms with Gasteiger partial charge in [-0.3, -0.25) is 4.79 Å². The van der Waals surface area contributed by atoms with Crippen LogP contribution in [0.3, 0.4) is 0 Å². The van der Waals surface area contributed by atoms with Gasteiger partial charge in [-0.25, -0.2) is 0 Å². The minimum Gasteiger partial charge on any atom is -0.338 e. The van der Waals surface area contributed by atoms with Crippen molar-refractivity contribution in [2.24, 2.45) is 5.41 Å². The number of amides is 1. The Labute approximate surface area is 124 Å². The van der Waals surface area contributed by atoms with E-state index in [-0.39, 0.29) is 5.91 Å². The number of rotatable bonds is 3. The Morgan fingerprint density at radius 1 is 1.32 bits per heavy atom. The highest BCUT2D eigenvalue weighted by molar-refractivity contribution is 9.10. The second kappa shape index (κ2) is 5.66. The number of benzene rings is 1. The quantitative estimate of drug-likeness (QED) is 0.806. The molecule has 1 heterocycles. The molecule has 1 aliphatic heterocycles. The SMILES string of the molecule is CCC1(CC)CCN(C(=O)c2cc(C)cc(Br)c2)C1. The lowest BCUT2D eigenvalue weighted by atomic mass is 9.82. The minimum atomic E-state index is 0.174. The van der Waals surface area contributed by atoms with Gasteiger partial charge in [-0.15, -0.1) is 0 Å². The summed E-state index contributed by atoms with van der Waals surface area (Å²) in [5, 5.41) is 0. The van der Waals surface area contributed by atoms with Crippen LogP contribution in [-0.2, 0) is 0 Å². The van der Waals surface area contributed by atoms with Crippen molar-refractivity contribution in [1.82, 2.24) is 4.90 Å². The molecular weight excluding hydrogens is 302 g/mol. The van der Waals surface area contributed by atoms with Gasteiger partial charge in [0.05, 0.1) is 0 Å². The van der Waals surface area contributed by atoms with Crippen LogP contribution in [0.2, 0.25) is 0 Å². The van der Waals surface area contributed by atoms with Crippen molar-refractivity contribution in [3.63, 3.8) is 0 Å². The maximum absolute atomic E-state index is 12.6. The standard InChI is InChI=1S/C16H22BrNO/c1-4-16(5-2)6-7-18(11-16)15(19)13-8-12(3)9-14(17)10-13/h8-10H,4-7,11H2,1-3H3. The smallest absolute Gasteiger partial charge is 0.253 e. The highest BCUT2D eigenvalue weighted by Crippen LogP contribution is 2.37. The van der Waals surface area contributed by atoms with Crippen LogP contribution in [0, 0.1) is 12.3 Å². The second-order valence-corrected chi connectivity index (χ2v) is 6.62. The molecule has 2 nitrogen and oxygen atoms in total. The molecule has 104 valence electrons. The summed E-state index contributed by atoms with van der Waals surface area (Å²) in [6, 6.07) is 5.93. The summed E-state index contributed by atoms with van der Waals surface area (Å²) in [7, 11) is 0. The van der Waals surface area contributed by atoms with Crippen molar-refractivity contribution in [2.75, 3.05) is 13.1 Å². The highest BCUT2D eigenvalue weighted by atomic mass is 79.9. The zero-order chi connectivity index (χ0) is 14.0. The monoisotopic (exact) mass is 323 g/mol. The Bertz CT molecular complexity index is 459. The lowest BCUT2D eigenvalue weighted by Gasteiger charge is -2.26. The van der Waals surface area contributed by atoms with E-state index in [1.54, 1.807) is 0 Å². The van der Waals surface area contributed by atoms with Crippen molar-refractivity contribution >= 4 is 21.8 Å². The summed E-state index contributed by atoms with van der Waals surface area (Å²) in [5.41, 5.74) is 2.26. The zero-order valence-electron chi connectivity index (χ0n) is 12.0. The van der Waals surface area contributed by atoms with Crippen LogP contribution in [0.4, 0.5) is 0 Å². The molecule has 1 amide bonds. The lowest BCUT2D eigenvalue weighted by molar-refractivity contribution is 0.0769. The third-order valence-electron chi connectivity index (χ3n) is 4.51. The molecule has 1 saturated heterocycles. The number of carbonyl (C=O) groups is 1. The van der Waals surface area contributed by atoms with Gasteiger partial charge in [-0.1, -0.05) is 29.8 Å². The summed E-state index contributed by atoms with van der Waals surface area (Å²) in [4.78, 5) is 14.6. The van der Waals surface area contributed by atoms with Crippen molar-refractivity contribution in [3.05, 3.63) is 33.8 Å². The van der Waals surface area contributed by atoms with Gasteiger partial charge in [0, 0.05) is 23.1 Å². The summed E-state index contributed by atoms with van der Waals surface area (Å²) < 4.78 is 0.979. The molecule has 3 heteroatoms. The van der Waals surface area contributed by atoms with Crippen molar-refractivity contribution in [1.29, 1.82) is 0 Å². The largest absolute Gasteiger partial charge is 0.338 e. The van der Waals surface area contributed by atoms with E-state index in [1.165, 1.54) is 0 Å². The van der Waals surface area contributed by atoms with Crippen molar-refractivity contribution in [2.45, 2.75) is 40.0 Å².